The van der Waals surface area contributed by atoms with Gasteiger partial charge in [0.1, 0.15) is 5.82 Å². The van der Waals surface area contributed by atoms with Gasteiger partial charge in [-0.15, -0.1) is 0 Å². The molecule has 1 fully saturated rings. The van der Waals surface area contributed by atoms with Crippen molar-refractivity contribution in [1.82, 2.24) is 9.88 Å². The number of primary amides is 1. The zero-order valence-corrected chi connectivity index (χ0v) is 9.85. The van der Waals surface area contributed by atoms with E-state index >= 15 is 0 Å². The van der Waals surface area contributed by atoms with Gasteiger partial charge in [-0.05, 0) is 38.1 Å². The summed E-state index contributed by atoms with van der Waals surface area (Å²) in [4.78, 5) is 17.7. The Morgan fingerprint density at radius 2 is 2.24 bits per heavy atom. The normalized spacial score (nSPS) is 16.0. The Balaban J connectivity index is 1.87. The van der Waals surface area contributed by atoms with Crippen LogP contribution in [0.4, 0.5) is 5.82 Å². The molecule has 3 N–H and O–H groups in total. The molecule has 5 nitrogen and oxygen atoms in total. The number of hydrogen-bond donors (Lipinski definition) is 2. The number of carbonyl (C=O) groups excluding carboxylic acids is 1. The van der Waals surface area contributed by atoms with Crippen LogP contribution in [-0.4, -0.2) is 42.0 Å². The van der Waals surface area contributed by atoms with Crippen LogP contribution in [-0.2, 0) is 0 Å². The van der Waals surface area contributed by atoms with Crippen molar-refractivity contribution in [1.29, 1.82) is 0 Å². The lowest BCUT2D eigenvalue weighted by molar-refractivity contribution is 0.100. The number of rotatable bonds is 5. The van der Waals surface area contributed by atoms with Gasteiger partial charge in [0.15, 0.2) is 0 Å². The molecule has 1 aliphatic heterocycles. The molecule has 2 rings (SSSR count). The van der Waals surface area contributed by atoms with Crippen molar-refractivity contribution in [2.45, 2.75) is 12.8 Å². The quantitative estimate of drug-likeness (QED) is 0.786. The number of amides is 1. The summed E-state index contributed by atoms with van der Waals surface area (Å²) in [5.74, 6) is 0.140. The summed E-state index contributed by atoms with van der Waals surface area (Å²) in [6.07, 6.45) is 4.23. The summed E-state index contributed by atoms with van der Waals surface area (Å²) in [5.41, 5.74) is 5.73. The maximum Gasteiger partial charge on any atom is 0.252 e. The first-order valence-corrected chi connectivity index (χ1v) is 5.98. The van der Waals surface area contributed by atoms with Gasteiger partial charge in [0.2, 0.25) is 0 Å². The van der Waals surface area contributed by atoms with E-state index in [1.54, 1.807) is 18.3 Å². The van der Waals surface area contributed by atoms with Crippen LogP contribution in [0.2, 0.25) is 0 Å². The molecule has 0 radical (unpaired) electrons. The Morgan fingerprint density at radius 3 is 2.94 bits per heavy atom. The Morgan fingerprint density at radius 1 is 1.47 bits per heavy atom. The van der Waals surface area contributed by atoms with E-state index in [1.807, 2.05) is 0 Å². The molecule has 5 heteroatoms. The summed E-state index contributed by atoms with van der Waals surface area (Å²) in [7, 11) is 0. The highest BCUT2D eigenvalue weighted by atomic mass is 16.1. The maximum absolute atomic E-state index is 11.2. The number of nitrogens with zero attached hydrogens (tertiary/aromatic N) is 2. The monoisotopic (exact) mass is 234 g/mol. The topological polar surface area (TPSA) is 71.2 Å². The van der Waals surface area contributed by atoms with Crippen LogP contribution >= 0.6 is 0 Å². The van der Waals surface area contributed by atoms with Gasteiger partial charge in [-0.25, -0.2) is 4.98 Å². The van der Waals surface area contributed by atoms with Crippen molar-refractivity contribution in [2.75, 3.05) is 31.5 Å². The second-order valence-electron chi connectivity index (χ2n) is 4.24. The van der Waals surface area contributed by atoms with Crippen LogP contribution in [0.1, 0.15) is 23.2 Å². The Bertz CT molecular complexity index is 388. The molecule has 1 aliphatic rings. The zero-order chi connectivity index (χ0) is 12.1. The number of aromatic nitrogens is 1. The third-order valence-electron chi connectivity index (χ3n) is 2.99. The van der Waals surface area contributed by atoms with E-state index in [2.05, 4.69) is 15.2 Å². The van der Waals surface area contributed by atoms with E-state index in [0.29, 0.717) is 11.4 Å². The molecule has 0 aliphatic carbocycles. The van der Waals surface area contributed by atoms with Gasteiger partial charge in [0.25, 0.3) is 5.91 Å². The third-order valence-corrected chi connectivity index (χ3v) is 2.99. The van der Waals surface area contributed by atoms with Crippen molar-refractivity contribution in [3.63, 3.8) is 0 Å². The fourth-order valence-corrected chi connectivity index (χ4v) is 2.08. The highest BCUT2D eigenvalue weighted by Gasteiger charge is 2.12. The molecular weight excluding hydrogens is 216 g/mol. The third kappa shape index (κ3) is 3.17. The molecule has 0 atom stereocenters. The van der Waals surface area contributed by atoms with Crippen molar-refractivity contribution < 1.29 is 4.79 Å². The number of carbonyl (C=O) groups is 1. The van der Waals surface area contributed by atoms with Crippen molar-refractivity contribution in [3.05, 3.63) is 23.9 Å². The molecule has 1 aromatic rings. The summed E-state index contributed by atoms with van der Waals surface area (Å²) in [5, 5.41) is 3.17. The second kappa shape index (κ2) is 5.63. The van der Waals surface area contributed by atoms with Crippen LogP contribution in [0.5, 0.6) is 0 Å². The first kappa shape index (κ1) is 11.9. The van der Waals surface area contributed by atoms with Gasteiger partial charge < -0.3 is 16.0 Å². The average molecular weight is 234 g/mol. The molecule has 1 amide bonds. The average Bonchev–Trinajstić information content (AvgIpc) is 2.82. The Kier molecular flexibility index (Phi) is 3.93. The van der Waals surface area contributed by atoms with Crippen molar-refractivity contribution in [3.8, 4) is 0 Å². The van der Waals surface area contributed by atoms with Gasteiger partial charge >= 0.3 is 0 Å². The minimum absolute atomic E-state index is 0.443. The molecule has 0 unspecified atom stereocenters. The van der Waals surface area contributed by atoms with E-state index in [1.165, 1.54) is 25.9 Å². The molecule has 1 saturated heterocycles. The summed E-state index contributed by atoms with van der Waals surface area (Å²) in [6, 6.07) is 3.40. The van der Waals surface area contributed by atoms with Crippen molar-refractivity contribution >= 4 is 11.7 Å². The molecule has 17 heavy (non-hydrogen) atoms. The first-order valence-electron chi connectivity index (χ1n) is 5.98. The Labute approximate surface area is 101 Å². The molecular formula is C12H18N4O. The molecule has 0 aromatic carbocycles. The fraction of sp³-hybridized carbons (Fsp3) is 0.500. The van der Waals surface area contributed by atoms with Gasteiger partial charge in [0, 0.05) is 19.3 Å². The molecule has 0 saturated carbocycles. The predicted molar refractivity (Wildman–Crippen MR) is 66.9 cm³/mol. The molecule has 0 bridgehead atoms. The largest absolute Gasteiger partial charge is 0.368 e. The summed E-state index contributed by atoms with van der Waals surface area (Å²) >= 11 is 0. The fourth-order valence-electron chi connectivity index (χ4n) is 2.08. The zero-order valence-electron chi connectivity index (χ0n) is 9.85. The highest BCUT2D eigenvalue weighted by molar-refractivity contribution is 5.97. The molecule has 1 aromatic heterocycles. The molecule has 2 heterocycles. The van der Waals surface area contributed by atoms with Crippen LogP contribution in [0.15, 0.2) is 18.3 Å². The van der Waals surface area contributed by atoms with Crippen LogP contribution in [0, 0.1) is 0 Å². The smallest absolute Gasteiger partial charge is 0.252 e. The van der Waals surface area contributed by atoms with E-state index in [-0.39, 0.29) is 0 Å². The van der Waals surface area contributed by atoms with Crippen LogP contribution in [0.25, 0.3) is 0 Å². The maximum atomic E-state index is 11.2. The SMILES string of the molecule is NC(=O)c1cccnc1NCCN1CCCC1. The minimum atomic E-state index is -0.443. The van der Waals surface area contributed by atoms with E-state index in [0.717, 1.165) is 13.1 Å². The lowest BCUT2D eigenvalue weighted by Crippen LogP contribution is -2.27. The molecule has 0 spiro atoms. The first-order chi connectivity index (χ1) is 8.27. The standard InChI is InChI=1S/C12H18N4O/c13-11(17)10-4-3-5-14-12(10)15-6-9-16-7-1-2-8-16/h3-5H,1-2,6-9H2,(H2,13,17)(H,14,15). The molecule has 92 valence electrons. The number of pyridine rings is 1. The van der Waals surface area contributed by atoms with Gasteiger partial charge in [-0.3, -0.25) is 4.79 Å². The van der Waals surface area contributed by atoms with Gasteiger partial charge in [-0.2, -0.15) is 0 Å². The van der Waals surface area contributed by atoms with Gasteiger partial charge in [-0.1, -0.05) is 0 Å². The van der Waals surface area contributed by atoms with E-state index in [9.17, 15) is 4.79 Å². The Hall–Kier alpha value is -1.62. The summed E-state index contributed by atoms with van der Waals surface area (Å²) < 4.78 is 0. The lowest BCUT2D eigenvalue weighted by Gasteiger charge is -2.15. The lowest BCUT2D eigenvalue weighted by atomic mass is 10.2. The number of anilines is 1. The van der Waals surface area contributed by atoms with Gasteiger partial charge in [0.05, 0.1) is 5.56 Å². The van der Waals surface area contributed by atoms with Crippen LogP contribution in [0.3, 0.4) is 0 Å². The van der Waals surface area contributed by atoms with E-state index < -0.39 is 5.91 Å². The second-order valence-corrected chi connectivity index (χ2v) is 4.24. The summed E-state index contributed by atoms with van der Waals surface area (Å²) in [6.45, 7) is 4.12. The predicted octanol–water partition coefficient (Wildman–Crippen LogP) is 0.688. The number of likely N-dealkylation sites (tertiary alicyclic amines) is 1. The number of hydrogen-bond acceptors (Lipinski definition) is 4. The number of nitrogens with one attached hydrogen (secondary N) is 1. The minimum Gasteiger partial charge on any atom is -0.368 e. The number of nitrogens with two attached hydrogens (primary N) is 1. The van der Waals surface area contributed by atoms with Crippen LogP contribution < -0.4 is 11.1 Å². The highest BCUT2D eigenvalue weighted by Crippen LogP contribution is 2.11. The van der Waals surface area contributed by atoms with Crippen molar-refractivity contribution in [2.24, 2.45) is 5.73 Å². The van der Waals surface area contributed by atoms with E-state index in [4.69, 9.17) is 5.73 Å².